The largest absolute Gasteiger partial charge is 0.336 e. The van der Waals surface area contributed by atoms with E-state index >= 15 is 0 Å². The molecule has 0 spiro atoms. The summed E-state index contributed by atoms with van der Waals surface area (Å²) in [4.78, 5) is 27.5. The van der Waals surface area contributed by atoms with Gasteiger partial charge in [0.1, 0.15) is 5.82 Å². The zero-order chi connectivity index (χ0) is 14.3. The third-order valence-electron chi connectivity index (χ3n) is 3.94. The molecule has 2 heterocycles. The number of rotatable bonds is 1. The number of carbonyl (C=O) groups is 2. The first-order chi connectivity index (χ1) is 9.56. The van der Waals surface area contributed by atoms with Crippen LogP contribution >= 0.6 is 0 Å². The normalized spacial score (nSPS) is 21.7. The Labute approximate surface area is 116 Å². The van der Waals surface area contributed by atoms with Crippen LogP contribution in [0, 0.1) is 12.7 Å². The Balaban J connectivity index is 1.77. The molecule has 0 saturated carbocycles. The van der Waals surface area contributed by atoms with Crippen molar-refractivity contribution in [1.82, 2.24) is 15.1 Å². The van der Waals surface area contributed by atoms with Gasteiger partial charge < -0.3 is 15.1 Å². The molecule has 1 aromatic rings. The number of nitrogens with zero attached hydrogens (tertiary/aromatic N) is 2. The van der Waals surface area contributed by atoms with E-state index in [4.69, 9.17) is 0 Å². The molecule has 6 heteroatoms. The minimum absolute atomic E-state index is 0.0426. The van der Waals surface area contributed by atoms with Gasteiger partial charge in [0.05, 0.1) is 6.04 Å². The van der Waals surface area contributed by atoms with E-state index in [1.54, 1.807) is 16.7 Å². The van der Waals surface area contributed by atoms with Gasteiger partial charge in [0.2, 0.25) is 0 Å². The predicted octanol–water partition coefficient (Wildman–Crippen LogP) is 0.984. The Bertz CT molecular complexity index is 576. The van der Waals surface area contributed by atoms with Gasteiger partial charge in [-0.25, -0.2) is 9.18 Å². The molecule has 1 N–H and O–H groups in total. The van der Waals surface area contributed by atoms with Crippen LogP contribution in [0.3, 0.4) is 0 Å². The fourth-order valence-corrected chi connectivity index (χ4v) is 2.83. The number of amides is 3. The summed E-state index contributed by atoms with van der Waals surface area (Å²) in [5, 5.41) is 2.78. The van der Waals surface area contributed by atoms with Gasteiger partial charge in [0.25, 0.3) is 5.91 Å². The first-order valence-electron chi connectivity index (χ1n) is 6.66. The Morgan fingerprint density at radius 3 is 2.95 bits per heavy atom. The van der Waals surface area contributed by atoms with Crippen LogP contribution in [0.15, 0.2) is 18.2 Å². The van der Waals surface area contributed by atoms with Crippen LogP contribution in [0.1, 0.15) is 15.9 Å². The molecular weight excluding hydrogens is 261 g/mol. The second-order valence-corrected chi connectivity index (χ2v) is 5.24. The lowest BCUT2D eigenvalue weighted by Crippen LogP contribution is -2.53. The van der Waals surface area contributed by atoms with Crippen molar-refractivity contribution >= 4 is 11.9 Å². The van der Waals surface area contributed by atoms with E-state index in [0.29, 0.717) is 37.3 Å². The predicted molar refractivity (Wildman–Crippen MR) is 70.9 cm³/mol. The SMILES string of the molecule is Cc1cc(F)ccc1C(=O)N1CCN2C(=O)NCC2C1. The number of fused-ring (bicyclic) bond motifs is 1. The molecule has 0 aliphatic carbocycles. The summed E-state index contributed by atoms with van der Waals surface area (Å²) < 4.78 is 13.1. The molecule has 0 radical (unpaired) electrons. The number of benzene rings is 1. The molecule has 106 valence electrons. The smallest absolute Gasteiger partial charge is 0.317 e. The zero-order valence-corrected chi connectivity index (χ0v) is 11.2. The fraction of sp³-hybridized carbons (Fsp3) is 0.429. The number of halogens is 1. The minimum Gasteiger partial charge on any atom is -0.336 e. The van der Waals surface area contributed by atoms with E-state index in [1.165, 1.54) is 18.2 Å². The first kappa shape index (κ1) is 12.9. The van der Waals surface area contributed by atoms with Gasteiger partial charge in [0.15, 0.2) is 0 Å². The Morgan fingerprint density at radius 1 is 1.40 bits per heavy atom. The monoisotopic (exact) mass is 277 g/mol. The molecule has 2 fully saturated rings. The summed E-state index contributed by atoms with van der Waals surface area (Å²) in [6.45, 7) is 3.88. The van der Waals surface area contributed by atoms with E-state index in [0.717, 1.165) is 0 Å². The summed E-state index contributed by atoms with van der Waals surface area (Å²) in [7, 11) is 0. The Kier molecular flexibility index (Phi) is 3.08. The molecule has 5 nitrogen and oxygen atoms in total. The molecule has 20 heavy (non-hydrogen) atoms. The summed E-state index contributed by atoms with van der Waals surface area (Å²) in [5.41, 5.74) is 1.16. The highest BCUT2D eigenvalue weighted by atomic mass is 19.1. The number of urea groups is 1. The molecule has 1 aromatic carbocycles. The van der Waals surface area contributed by atoms with Crippen molar-refractivity contribution in [2.24, 2.45) is 0 Å². The molecule has 3 amide bonds. The maximum Gasteiger partial charge on any atom is 0.317 e. The molecular formula is C14H16FN3O2. The van der Waals surface area contributed by atoms with Crippen molar-refractivity contribution in [3.63, 3.8) is 0 Å². The van der Waals surface area contributed by atoms with E-state index in [2.05, 4.69) is 5.32 Å². The molecule has 0 aromatic heterocycles. The van der Waals surface area contributed by atoms with Crippen molar-refractivity contribution in [2.45, 2.75) is 13.0 Å². The maximum absolute atomic E-state index is 13.1. The van der Waals surface area contributed by atoms with Crippen LogP contribution in [-0.2, 0) is 0 Å². The van der Waals surface area contributed by atoms with Gasteiger partial charge in [-0.2, -0.15) is 0 Å². The fourth-order valence-electron chi connectivity index (χ4n) is 2.83. The minimum atomic E-state index is -0.338. The molecule has 0 bridgehead atoms. The highest BCUT2D eigenvalue weighted by Crippen LogP contribution is 2.18. The lowest BCUT2D eigenvalue weighted by atomic mass is 10.1. The van der Waals surface area contributed by atoms with Gasteiger partial charge in [-0.3, -0.25) is 4.79 Å². The first-order valence-corrected chi connectivity index (χ1v) is 6.66. The number of nitrogens with one attached hydrogen (secondary N) is 1. The maximum atomic E-state index is 13.1. The van der Waals surface area contributed by atoms with Crippen LogP contribution in [-0.4, -0.2) is 54.0 Å². The summed E-state index contributed by atoms with van der Waals surface area (Å²) in [6.07, 6.45) is 0. The van der Waals surface area contributed by atoms with Gasteiger partial charge in [-0.05, 0) is 30.7 Å². The lowest BCUT2D eigenvalue weighted by Gasteiger charge is -2.36. The van der Waals surface area contributed by atoms with Crippen molar-refractivity contribution in [3.8, 4) is 0 Å². The average molecular weight is 277 g/mol. The van der Waals surface area contributed by atoms with Crippen molar-refractivity contribution in [3.05, 3.63) is 35.1 Å². The van der Waals surface area contributed by atoms with Crippen molar-refractivity contribution < 1.29 is 14.0 Å². The van der Waals surface area contributed by atoms with Crippen molar-refractivity contribution in [1.29, 1.82) is 0 Å². The molecule has 3 rings (SSSR count). The van der Waals surface area contributed by atoms with Crippen molar-refractivity contribution in [2.75, 3.05) is 26.2 Å². The number of piperazine rings is 1. The standard InChI is InChI=1S/C14H16FN3O2/c1-9-6-10(15)2-3-12(9)13(19)17-4-5-18-11(8-17)7-16-14(18)20/h2-3,6,11H,4-5,7-8H2,1H3,(H,16,20). The van der Waals surface area contributed by atoms with E-state index in [-0.39, 0.29) is 23.8 Å². The molecule has 1 atom stereocenters. The van der Waals surface area contributed by atoms with Gasteiger partial charge in [-0.15, -0.1) is 0 Å². The molecule has 2 aliphatic rings. The summed E-state index contributed by atoms with van der Waals surface area (Å²) in [5.74, 6) is -0.434. The topological polar surface area (TPSA) is 52.7 Å². The number of carbonyl (C=O) groups excluding carboxylic acids is 2. The van der Waals surface area contributed by atoms with Crippen LogP contribution in [0.5, 0.6) is 0 Å². The highest BCUT2D eigenvalue weighted by molar-refractivity contribution is 5.96. The Morgan fingerprint density at radius 2 is 2.20 bits per heavy atom. The van der Waals surface area contributed by atoms with Gasteiger partial charge in [0, 0.05) is 31.7 Å². The Hall–Kier alpha value is -2.11. The number of hydrogen-bond acceptors (Lipinski definition) is 2. The van der Waals surface area contributed by atoms with E-state index < -0.39 is 0 Å². The molecule has 1 unspecified atom stereocenters. The van der Waals surface area contributed by atoms with Gasteiger partial charge in [-0.1, -0.05) is 0 Å². The second-order valence-electron chi connectivity index (χ2n) is 5.24. The van der Waals surface area contributed by atoms with E-state index in [1.807, 2.05) is 0 Å². The zero-order valence-electron chi connectivity index (χ0n) is 11.2. The average Bonchev–Trinajstić information content (AvgIpc) is 2.79. The summed E-state index contributed by atoms with van der Waals surface area (Å²) in [6, 6.07) is 4.18. The number of aryl methyl sites for hydroxylation is 1. The second kappa shape index (κ2) is 4.77. The van der Waals surface area contributed by atoms with E-state index in [9.17, 15) is 14.0 Å². The third-order valence-corrected chi connectivity index (χ3v) is 3.94. The number of hydrogen-bond donors (Lipinski definition) is 1. The quantitative estimate of drug-likeness (QED) is 0.832. The van der Waals surface area contributed by atoms with Gasteiger partial charge >= 0.3 is 6.03 Å². The lowest BCUT2D eigenvalue weighted by molar-refractivity contribution is 0.0616. The van der Waals surface area contributed by atoms with Crippen LogP contribution in [0.4, 0.5) is 9.18 Å². The summed E-state index contributed by atoms with van der Waals surface area (Å²) >= 11 is 0. The highest BCUT2D eigenvalue weighted by Gasteiger charge is 2.37. The third kappa shape index (κ3) is 2.11. The molecule has 2 saturated heterocycles. The van der Waals surface area contributed by atoms with Crippen LogP contribution in [0.25, 0.3) is 0 Å². The molecule has 2 aliphatic heterocycles. The van der Waals surface area contributed by atoms with Crippen LogP contribution in [0.2, 0.25) is 0 Å². The van der Waals surface area contributed by atoms with Crippen LogP contribution < -0.4 is 5.32 Å².